The van der Waals surface area contributed by atoms with Gasteiger partial charge in [0.15, 0.2) is 5.76 Å². The van der Waals surface area contributed by atoms with E-state index < -0.39 is 10.0 Å². The zero-order valence-electron chi connectivity index (χ0n) is 17.8. The third-order valence-corrected chi connectivity index (χ3v) is 8.58. The molecule has 0 bridgehead atoms. The molecule has 0 radical (unpaired) electrons. The highest BCUT2D eigenvalue weighted by atomic mass is 32.2. The van der Waals surface area contributed by atoms with Crippen molar-refractivity contribution in [3.8, 4) is 0 Å². The summed E-state index contributed by atoms with van der Waals surface area (Å²) < 4.78 is 32.5. The number of hydrogen-bond donors (Lipinski definition) is 1. The Morgan fingerprint density at radius 3 is 2.55 bits per heavy atom. The van der Waals surface area contributed by atoms with E-state index in [0.717, 1.165) is 23.7 Å². The molecule has 9 heteroatoms. The summed E-state index contributed by atoms with van der Waals surface area (Å²) >= 11 is 0. The van der Waals surface area contributed by atoms with Crippen LogP contribution >= 0.6 is 0 Å². The first-order valence-electron chi connectivity index (χ1n) is 10.7. The number of nitrogens with zero attached hydrogens (tertiary/aromatic N) is 3. The Labute approximate surface area is 181 Å². The van der Waals surface area contributed by atoms with Crippen molar-refractivity contribution in [2.75, 3.05) is 26.2 Å². The van der Waals surface area contributed by atoms with Gasteiger partial charge in [-0.2, -0.15) is 4.31 Å². The monoisotopic (exact) mass is 442 g/mol. The molecule has 0 unspecified atom stereocenters. The molecule has 1 fully saturated rings. The Hall–Kier alpha value is -2.65. The Morgan fingerprint density at radius 1 is 1.10 bits per heavy atom. The van der Waals surface area contributed by atoms with Crippen LogP contribution < -0.4 is 0 Å². The van der Waals surface area contributed by atoms with Crippen LogP contribution in [-0.2, 0) is 22.9 Å². The minimum atomic E-state index is -3.69. The van der Waals surface area contributed by atoms with E-state index in [9.17, 15) is 13.2 Å². The number of hydrogen-bond acceptors (Lipinski definition) is 5. The number of sulfonamides is 1. The van der Waals surface area contributed by atoms with E-state index in [-0.39, 0.29) is 23.9 Å². The Kier molecular flexibility index (Phi) is 4.90. The van der Waals surface area contributed by atoms with Crippen LogP contribution in [0.5, 0.6) is 0 Å². The van der Waals surface area contributed by atoms with Crippen LogP contribution in [0.25, 0.3) is 10.9 Å². The number of carbonyl (C=O) groups is 1. The lowest BCUT2D eigenvalue weighted by atomic mass is 9.95. The minimum Gasteiger partial charge on any atom is -0.360 e. The number of aryl methyl sites for hydroxylation is 4. The molecule has 164 valence electrons. The van der Waals surface area contributed by atoms with E-state index in [1.54, 1.807) is 18.7 Å². The van der Waals surface area contributed by atoms with Gasteiger partial charge >= 0.3 is 0 Å². The van der Waals surface area contributed by atoms with Crippen LogP contribution in [0.4, 0.5) is 0 Å². The van der Waals surface area contributed by atoms with E-state index in [1.807, 2.05) is 18.2 Å². The Morgan fingerprint density at radius 2 is 1.84 bits per heavy atom. The molecular weight excluding hydrogens is 416 g/mol. The first-order chi connectivity index (χ1) is 14.9. The molecule has 2 aromatic heterocycles. The van der Waals surface area contributed by atoms with Gasteiger partial charge in [0, 0.05) is 48.3 Å². The lowest BCUT2D eigenvalue weighted by Crippen LogP contribution is -2.50. The van der Waals surface area contributed by atoms with E-state index in [4.69, 9.17) is 4.52 Å². The highest BCUT2D eigenvalue weighted by molar-refractivity contribution is 7.89. The summed E-state index contributed by atoms with van der Waals surface area (Å²) in [5, 5.41) is 4.90. The van der Waals surface area contributed by atoms with Crippen LogP contribution in [0.2, 0.25) is 0 Å². The molecule has 0 saturated carbocycles. The maximum atomic E-state index is 13.1. The van der Waals surface area contributed by atoms with Gasteiger partial charge in [0.05, 0.1) is 0 Å². The van der Waals surface area contributed by atoms with Crippen LogP contribution in [0.15, 0.2) is 27.6 Å². The van der Waals surface area contributed by atoms with Gasteiger partial charge in [-0.05, 0) is 63.3 Å². The molecule has 1 aliphatic heterocycles. The van der Waals surface area contributed by atoms with E-state index in [2.05, 4.69) is 10.1 Å². The lowest BCUT2D eigenvalue weighted by Gasteiger charge is -2.34. The topological polar surface area (TPSA) is 99.5 Å². The molecule has 2 aliphatic rings. The number of rotatable bonds is 3. The molecule has 5 rings (SSSR count). The second-order valence-electron chi connectivity index (χ2n) is 8.40. The van der Waals surface area contributed by atoms with E-state index in [1.165, 1.54) is 28.4 Å². The molecule has 3 heterocycles. The molecule has 0 spiro atoms. The second kappa shape index (κ2) is 7.49. The summed E-state index contributed by atoms with van der Waals surface area (Å²) in [5.74, 6) is 0.237. The maximum absolute atomic E-state index is 13.1. The maximum Gasteiger partial charge on any atom is 0.253 e. The van der Waals surface area contributed by atoms with Crippen molar-refractivity contribution in [2.45, 2.75) is 44.4 Å². The summed E-state index contributed by atoms with van der Waals surface area (Å²) in [7, 11) is -3.69. The second-order valence-corrected chi connectivity index (χ2v) is 10.3. The third kappa shape index (κ3) is 3.36. The number of carbonyl (C=O) groups excluding carboxylic acids is 1. The van der Waals surface area contributed by atoms with Gasteiger partial charge in [0.2, 0.25) is 10.0 Å². The molecule has 0 atom stereocenters. The van der Waals surface area contributed by atoms with E-state index in [0.29, 0.717) is 30.1 Å². The Balaban J connectivity index is 1.33. The fourth-order valence-electron chi connectivity index (χ4n) is 4.83. The average Bonchev–Trinajstić information content (AvgIpc) is 3.32. The molecule has 1 aromatic carbocycles. The standard InChI is InChI=1S/C22H26N4O4S/c1-14-21(15(2)30-24-14)31(28,29)26-11-9-25(10-12-26)22(27)16-7-8-20-18(13-16)17-5-3-4-6-19(17)23-20/h7-8,13,23H,3-6,9-12H2,1-2H3. The summed E-state index contributed by atoms with van der Waals surface area (Å²) in [6.45, 7) is 4.43. The zero-order chi connectivity index (χ0) is 21.8. The predicted octanol–water partition coefficient (Wildman–Crippen LogP) is 2.80. The van der Waals surface area contributed by atoms with Crippen LogP contribution in [0.1, 0.15) is 45.9 Å². The number of fused-ring (bicyclic) bond motifs is 3. The normalized spacial score (nSPS) is 17.8. The highest BCUT2D eigenvalue weighted by Crippen LogP contribution is 2.30. The SMILES string of the molecule is Cc1noc(C)c1S(=O)(=O)N1CCN(C(=O)c2ccc3[nH]c4c(c3c2)CCCC4)CC1. The van der Waals surface area contributed by atoms with Crippen molar-refractivity contribution < 1.29 is 17.7 Å². The minimum absolute atomic E-state index is 0.0537. The van der Waals surface area contributed by atoms with Gasteiger partial charge in [-0.15, -0.1) is 0 Å². The molecule has 1 aliphatic carbocycles. The van der Waals surface area contributed by atoms with Gasteiger partial charge in [0.25, 0.3) is 5.91 Å². The van der Waals surface area contributed by atoms with Crippen LogP contribution in [-0.4, -0.2) is 59.8 Å². The van der Waals surface area contributed by atoms with Crippen molar-refractivity contribution in [3.05, 3.63) is 46.5 Å². The van der Waals surface area contributed by atoms with Crippen molar-refractivity contribution in [1.29, 1.82) is 0 Å². The van der Waals surface area contributed by atoms with Gasteiger partial charge in [-0.25, -0.2) is 8.42 Å². The number of aromatic amines is 1. The van der Waals surface area contributed by atoms with Crippen molar-refractivity contribution in [2.24, 2.45) is 0 Å². The number of H-pyrrole nitrogens is 1. The fourth-order valence-corrected chi connectivity index (χ4v) is 6.54. The molecule has 1 amide bonds. The highest BCUT2D eigenvalue weighted by Gasteiger charge is 2.34. The first-order valence-corrected chi connectivity index (χ1v) is 12.2. The predicted molar refractivity (Wildman–Crippen MR) is 116 cm³/mol. The number of aromatic nitrogens is 2. The first kappa shape index (κ1) is 20.3. The lowest BCUT2D eigenvalue weighted by molar-refractivity contribution is 0.0698. The number of nitrogens with one attached hydrogen (secondary N) is 1. The third-order valence-electron chi connectivity index (χ3n) is 6.44. The van der Waals surface area contributed by atoms with Gasteiger partial charge in [-0.3, -0.25) is 4.79 Å². The zero-order valence-corrected chi connectivity index (χ0v) is 18.6. The van der Waals surface area contributed by atoms with Crippen LogP contribution in [0, 0.1) is 13.8 Å². The molecule has 3 aromatic rings. The van der Waals surface area contributed by atoms with Crippen LogP contribution in [0.3, 0.4) is 0 Å². The quantitative estimate of drug-likeness (QED) is 0.672. The summed E-state index contributed by atoms with van der Waals surface area (Å²) in [6, 6.07) is 5.84. The van der Waals surface area contributed by atoms with Crippen molar-refractivity contribution >= 4 is 26.8 Å². The number of benzene rings is 1. The Bertz CT molecular complexity index is 1250. The van der Waals surface area contributed by atoms with Gasteiger partial charge in [0.1, 0.15) is 10.6 Å². The van der Waals surface area contributed by atoms with Crippen molar-refractivity contribution in [1.82, 2.24) is 19.3 Å². The largest absolute Gasteiger partial charge is 0.360 e. The molecular formula is C22H26N4O4S. The number of amides is 1. The van der Waals surface area contributed by atoms with Crippen molar-refractivity contribution in [3.63, 3.8) is 0 Å². The van der Waals surface area contributed by atoms with Gasteiger partial charge < -0.3 is 14.4 Å². The summed E-state index contributed by atoms with van der Waals surface area (Å²) in [5.41, 5.74) is 4.73. The molecule has 1 saturated heterocycles. The van der Waals surface area contributed by atoms with E-state index >= 15 is 0 Å². The molecule has 31 heavy (non-hydrogen) atoms. The van der Waals surface area contributed by atoms with Gasteiger partial charge in [-0.1, -0.05) is 5.16 Å². The summed E-state index contributed by atoms with van der Waals surface area (Å²) in [6.07, 6.45) is 4.49. The average molecular weight is 443 g/mol. The summed E-state index contributed by atoms with van der Waals surface area (Å²) in [4.78, 5) is 18.5. The molecule has 8 nitrogen and oxygen atoms in total. The fraction of sp³-hybridized carbons (Fsp3) is 0.455. The number of piperazine rings is 1. The molecule has 1 N–H and O–H groups in total. The smallest absolute Gasteiger partial charge is 0.253 e.